The molecule has 0 N–H and O–H groups in total. The van der Waals surface area contributed by atoms with Crippen LogP contribution in [0.25, 0.3) is 0 Å². The van der Waals surface area contributed by atoms with Crippen molar-refractivity contribution in [3.05, 3.63) is 41.2 Å². The normalized spacial score (nSPS) is 17.0. The van der Waals surface area contributed by atoms with Gasteiger partial charge in [-0.05, 0) is 28.1 Å². The molecule has 1 saturated heterocycles. The number of carbonyl (C=O) groups is 1. The lowest BCUT2D eigenvalue weighted by Gasteiger charge is -2.34. The molecular weight excluding hydrogens is 392 g/mol. The molecule has 0 saturated carbocycles. The molecule has 0 bridgehead atoms. The van der Waals surface area contributed by atoms with Gasteiger partial charge in [0.05, 0.1) is 12.8 Å². The predicted molar refractivity (Wildman–Crippen MR) is 99.6 cm³/mol. The fourth-order valence-corrected chi connectivity index (χ4v) is 4.07. The van der Waals surface area contributed by atoms with Crippen molar-refractivity contribution in [3.8, 4) is 0 Å². The molecule has 146 valence electrons. The summed E-state index contributed by atoms with van der Waals surface area (Å²) in [5, 5.41) is 11.8. The van der Waals surface area contributed by atoms with E-state index in [9.17, 15) is 13.2 Å². The van der Waals surface area contributed by atoms with Crippen molar-refractivity contribution < 1.29 is 13.2 Å². The number of carbonyl (C=O) groups excluding carboxylic acids is 1. The lowest BCUT2D eigenvalue weighted by molar-refractivity contribution is -0.132. The highest BCUT2D eigenvalue weighted by atomic mass is 35.5. The number of sulfonamides is 1. The number of benzene rings is 1. The van der Waals surface area contributed by atoms with Crippen LogP contribution in [0.3, 0.4) is 0 Å². The van der Waals surface area contributed by atoms with Gasteiger partial charge in [0, 0.05) is 43.5 Å². The fourth-order valence-electron chi connectivity index (χ4n) is 3.12. The van der Waals surface area contributed by atoms with Crippen LogP contribution in [0.15, 0.2) is 30.6 Å². The van der Waals surface area contributed by atoms with E-state index in [-0.39, 0.29) is 18.2 Å². The van der Waals surface area contributed by atoms with Crippen LogP contribution < -0.4 is 0 Å². The zero-order valence-electron chi connectivity index (χ0n) is 14.9. The molecule has 3 rings (SSSR count). The SMILES string of the molecule is CS(=O)(=O)N1CCN(C(=O)C[C@H](Cn2cnnn2)c2ccc(Cl)cc2)CC1. The number of hydrogen-bond donors (Lipinski definition) is 0. The third-order valence-electron chi connectivity index (χ3n) is 4.62. The van der Waals surface area contributed by atoms with Crippen molar-refractivity contribution in [2.75, 3.05) is 32.4 Å². The molecule has 0 spiro atoms. The summed E-state index contributed by atoms with van der Waals surface area (Å²) in [6.07, 6.45) is 2.98. The Morgan fingerprint density at radius 1 is 1.19 bits per heavy atom. The Hall–Kier alpha value is -2.04. The van der Waals surface area contributed by atoms with E-state index in [1.54, 1.807) is 21.7 Å². The predicted octanol–water partition coefficient (Wildman–Crippen LogP) is 0.604. The van der Waals surface area contributed by atoms with Crippen LogP contribution in [-0.2, 0) is 21.4 Å². The Morgan fingerprint density at radius 2 is 1.85 bits per heavy atom. The van der Waals surface area contributed by atoms with Gasteiger partial charge >= 0.3 is 0 Å². The molecule has 1 aliphatic heterocycles. The molecule has 1 atom stereocenters. The van der Waals surface area contributed by atoms with Crippen LogP contribution in [0, 0.1) is 0 Å². The molecule has 2 aromatic rings. The van der Waals surface area contributed by atoms with Gasteiger partial charge in [0.25, 0.3) is 0 Å². The molecule has 1 aromatic heterocycles. The number of hydrogen-bond acceptors (Lipinski definition) is 6. The summed E-state index contributed by atoms with van der Waals surface area (Å²) in [6, 6.07) is 7.37. The molecule has 2 heterocycles. The quantitative estimate of drug-likeness (QED) is 0.688. The van der Waals surface area contributed by atoms with Crippen LogP contribution in [0.2, 0.25) is 5.02 Å². The molecule has 1 fully saturated rings. The topological polar surface area (TPSA) is 101 Å². The third kappa shape index (κ3) is 5.24. The Bertz CT molecular complexity index is 864. The van der Waals surface area contributed by atoms with Crippen LogP contribution >= 0.6 is 11.6 Å². The van der Waals surface area contributed by atoms with Gasteiger partial charge < -0.3 is 4.90 Å². The van der Waals surface area contributed by atoms with Crippen molar-refractivity contribution in [2.24, 2.45) is 0 Å². The van der Waals surface area contributed by atoms with Crippen molar-refractivity contribution in [1.82, 2.24) is 29.4 Å². The van der Waals surface area contributed by atoms with Crippen molar-refractivity contribution >= 4 is 27.5 Å². The van der Waals surface area contributed by atoms with Crippen LogP contribution in [0.1, 0.15) is 17.9 Å². The molecule has 11 heteroatoms. The first kappa shape index (κ1) is 19.7. The zero-order valence-corrected chi connectivity index (χ0v) is 16.5. The summed E-state index contributed by atoms with van der Waals surface area (Å²) in [5.74, 6) is -0.137. The van der Waals surface area contributed by atoms with Crippen molar-refractivity contribution in [3.63, 3.8) is 0 Å². The number of halogens is 1. The zero-order chi connectivity index (χ0) is 19.4. The average Bonchev–Trinajstić information content (AvgIpc) is 3.14. The average molecular weight is 413 g/mol. The molecule has 0 unspecified atom stereocenters. The van der Waals surface area contributed by atoms with Crippen molar-refractivity contribution in [2.45, 2.75) is 18.9 Å². The van der Waals surface area contributed by atoms with Gasteiger partial charge in [-0.25, -0.2) is 13.1 Å². The number of nitrogens with zero attached hydrogens (tertiary/aromatic N) is 6. The number of piperazine rings is 1. The first-order valence-corrected chi connectivity index (χ1v) is 10.7. The highest BCUT2D eigenvalue weighted by Gasteiger charge is 2.28. The first-order valence-electron chi connectivity index (χ1n) is 8.52. The minimum Gasteiger partial charge on any atom is -0.340 e. The standard InChI is InChI=1S/C16H21ClN6O3S/c1-27(25,26)23-8-6-21(7-9-23)16(24)10-14(11-22-12-18-19-20-22)13-2-4-15(17)5-3-13/h2-5,12,14H,6-11H2,1H3/t14-/m1/s1. The van der Waals surface area contributed by atoms with Gasteiger partial charge in [-0.15, -0.1) is 5.10 Å². The van der Waals surface area contributed by atoms with Crippen LogP contribution in [0.4, 0.5) is 0 Å². The van der Waals surface area contributed by atoms with Gasteiger partial charge in [0.1, 0.15) is 6.33 Å². The maximum Gasteiger partial charge on any atom is 0.223 e. The molecule has 0 aliphatic carbocycles. The van der Waals surface area contributed by atoms with Crippen molar-refractivity contribution in [1.29, 1.82) is 0 Å². The monoisotopic (exact) mass is 412 g/mol. The molecule has 0 radical (unpaired) electrons. The molecule has 1 amide bonds. The summed E-state index contributed by atoms with van der Waals surface area (Å²) in [5.41, 5.74) is 0.970. The molecule has 1 aromatic carbocycles. The van der Waals surface area contributed by atoms with Gasteiger partial charge in [-0.2, -0.15) is 4.31 Å². The van der Waals surface area contributed by atoms with Gasteiger partial charge in [0.15, 0.2) is 0 Å². The maximum atomic E-state index is 12.8. The molecular formula is C16H21ClN6O3S. The third-order valence-corrected chi connectivity index (χ3v) is 6.18. The van der Waals surface area contributed by atoms with Crippen LogP contribution in [-0.4, -0.2) is 76.2 Å². The summed E-state index contributed by atoms with van der Waals surface area (Å²) >= 11 is 5.97. The summed E-state index contributed by atoms with van der Waals surface area (Å²) in [6.45, 7) is 1.89. The highest BCUT2D eigenvalue weighted by molar-refractivity contribution is 7.88. The highest BCUT2D eigenvalue weighted by Crippen LogP contribution is 2.24. The van der Waals surface area contributed by atoms with Gasteiger partial charge in [-0.3, -0.25) is 4.79 Å². The van der Waals surface area contributed by atoms with E-state index in [4.69, 9.17) is 11.6 Å². The van der Waals surface area contributed by atoms with Gasteiger partial charge in [-0.1, -0.05) is 23.7 Å². The summed E-state index contributed by atoms with van der Waals surface area (Å²) in [7, 11) is -3.22. The van der Waals surface area contributed by atoms with E-state index < -0.39 is 10.0 Å². The molecule has 1 aliphatic rings. The number of tetrazole rings is 1. The second kappa shape index (κ2) is 8.32. The van der Waals surface area contributed by atoms with E-state index >= 15 is 0 Å². The van der Waals surface area contributed by atoms with Crippen LogP contribution in [0.5, 0.6) is 0 Å². The second-order valence-electron chi connectivity index (χ2n) is 6.53. The minimum absolute atomic E-state index is 0.0174. The Kier molecular flexibility index (Phi) is 6.08. The number of aromatic nitrogens is 4. The Labute approximate surface area is 162 Å². The minimum atomic E-state index is -3.22. The Morgan fingerprint density at radius 3 is 2.41 bits per heavy atom. The second-order valence-corrected chi connectivity index (χ2v) is 8.95. The number of rotatable bonds is 6. The van der Waals surface area contributed by atoms with E-state index in [0.29, 0.717) is 37.7 Å². The first-order chi connectivity index (χ1) is 12.8. The lowest BCUT2D eigenvalue weighted by atomic mass is 9.95. The van der Waals surface area contributed by atoms with E-state index in [0.717, 1.165) is 5.56 Å². The number of amides is 1. The Balaban J connectivity index is 1.68. The van der Waals surface area contributed by atoms with E-state index in [2.05, 4.69) is 15.5 Å². The fraction of sp³-hybridized carbons (Fsp3) is 0.500. The molecule has 9 nitrogen and oxygen atoms in total. The van der Waals surface area contributed by atoms with E-state index in [1.807, 2.05) is 12.1 Å². The molecule has 27 heavy (non-hydrogen) atoms. The van der Waals surface area contributed by atoms with Gasteiger partial charge in [0.2, 0.25) is 15.9 Å². The van der Waals surface area contributed by atoms with E-state index in [1.165, 1.54) is 16.9 Å². The summed E-state index contributed by atoms with van der Waals surface area (Å²) in [4.78, 5) is 14.5. The lowest BCUT2D eigenvalue weighted by Crippen LogP contribution is -2.50. The summed E-state index contributed by atoms with van der Waals surface area (Å²) < 4.78 is 26.2. The maximum absolute atomic E-state index is 12.8. The largest absolute Gasteiger partial charge is 0.340 e. The smallest absolute Gasteiger partial charge is 0.223 e.